The Balaban J connectivity index is 0.000000156. The van der Waals surface area contributed by atoms with Crippen LogP contribution in [0.25, 0.3) is 0 Å². The van der Waals surface area contributed by atoms with E-state index in [1.165, 1.54) is 52.9 Å². The van der Waals surface area contributed by atoms with Crippen molar-refractivity contribution in [2.24, 2.45) is 31.9 Å². The molecule has 2 amide bonds. The van der Waals surface area contributed by atoms with E-state index in [2.05, 4.69) is 35.5 Å². The molecule has 4 bridgehead atoms. The minimum absolute atomic E-state index is 0.0368. The zero-order chi connectivity index (χ0) is 42.7. The molecule has 6 aliphatic carbocycles. The average Bonchev–Trinajstić information content (AvgIpc) is 3.88. The van der Waals surface area contributed by atoms with Crippen LogP contribution < -0.4 is 10.2 Å². The summed E-state index contributed by atoms with van der Waals surface area (Å²) in [5, 5.41) is 32.1. The molecule has 1 N–H and O–H groups in total. The van der Waals surface area contributed by atoms with Gasteiger partial charge in [-0.05, 0) is 84.7 Å². The molecular weight excluding hydrogens is 793 g/mol. The third-order valence-corrected chi connectivity index (χ3v) is 12.9. The number of rotatable bonds is 10. The quantitative estimate of drug-likeness (QED) is 0.177. The molecule has 4 aromatic rings. The van der Waals surface area contributed by atoms with Gasteiger partial charge in [0, 0.05) is 57.5 Å². The lowest BCUT2D eigenvalue weighted by Gasteiger charge is -2.70. The molecule has 4 heterocycles. The summed E-state index contributed by atoms with van der Waals surface area (Å²) >= 11 is 0. The van der Waals surface area contributed by atoms with Crippen LogP contribution in [-0.2, 0) is 9.59 Å². The monoisotopic (exact) mass is 830 g/mol. The number of carbonyl (C=O) groups excluding carboxylic acids is 2. The molecule has 2 atom stereocenters. The molecule has 0 spiro atoms. The van der Waals surface area contributed by atoms with Crippen molar-refractivity contribution < 1.29 is 27.2 Å². The van der Waals surface area contributed by atoms with E-state index in [4.69, 9.17) is 10.5 Å². The van der Waals surface area contributed by atoms with Crippen LogP contribution in [0, 0.1) is 67.6 Å². The topological polar surface area (TPSA) is 180 Å². The number of benzene rings is 2. The first-order valence-electron chi connectivity index (χ1n) is 19.8. The van der Waals surface area contributed by atoms with Gasteiger partial charge in [-0.2, -0.15) is 20.7 Å². The summed E-state index contributed by atoms with van der Waals surface area (Å²) in [5.41, 5.74) is 0.566. The fourth-order valence-electron chi connectivity index (χ4n) is 10.5. The second-order valence-corrected chi connectivity index (χ2v) is 17.4. The van der Waals surface area contributed by atoms with Crippen molar-refractivity contribution in [2.75, 3.05) is 30.4 Å². The largest absolute Gasteiger partial charge is 0.368 e. The summed E-state index contributed by atoms with van der Waals surface area (Å²) in [4.78, 5) is 44.9. The molecule has 310 valence electrons. The van der Waals surface area contributed by atoms with Crippen LogP contribution in [0.3, 0.4) is 0 Å². The number of hydrogen-bond donors (Lipinski definition) is 1. The van der Waals surface area contributed by atoms with E-state index in [-0.39, 0.29) is 34.0 Å². The van der Waals surface area contributed by atoms with E-state index in [1.54, 1.807) is 18.6 Å². The van der Waals surface area contributed by atoms with Crippen molar-refractivity contribution in [3.05, 3.63) is 107 Å². The number of nitrogens with one attached hydrogen (secondary N) is 1. The lowest BCUT2D eigenvalue weighted by atomic mass is 9.34. The molecule has 12 rings (SSSR count). The third kappa shape index (κ3) is 7.09. The number of anilines is 2. The van der Waals surface area contributed by atoms with E-state index < -0.39 is 46.2 Å². The van der Waals surface area contributed by atoms with Gasteiger partial charge in [0.15, 0.2) is 11.4 Å². The van der Waals surface area contributed by atoms with Crippen molar-refractivity contribution >= 4 is 35.9 Å². The lowest BCUT2D eigenvalue weighted by Crippen LogP contribution is -2.70. The summed E-state index contributed by atoms with van der Waals surface area (Å²) in [6.07, 6.45) is 14.6. The number of carbonyl (C=O) groups is 2. The number of halogens is 4. The van der Waals surface area contributed by atoms with Gasteiger partial charge in [-0.15, -0.1) is 0 Å². The van der Waals surface area contributed by atoms with Crippen molar-refractivity contribution in [1.29, 1.82) is 10.5 Å². The number of nitrogens with zero attached hydrogens (tertiary/aromatic N) is 11. The number of amides is 2. The maximum Gasteiger partial charge on any atom is 0.249 e. The summed E-state index contributed by atoms with van der Waals surface area (Å²) in [6.45, 7) is 1.41. The van der Waals surface area contributed by atoms with Crippen LogP contribution in [0.2, 0.25) is 0 Å². The van der Waals surface area contributed by atoms with Gasteiger partial charge in [-0.25, -0.2) is 47.5 Å². The molecule has 6 fully saturated rings. The second-order valence-electron chi connectivity index (χ2n) is 17.4. The van der Waals surface area contributed by atoms with Crippen molar-refractivity contribution in [3.63, 3.8) is 0 Å². The van der Waals surface area contributed by atoms with Gasteiger partial charge in [0.2, 0.25) is 11.8 Å². The lowest BCUT2D eigenvalue weighted by molar-refractivity contribution is -0.213. The van der Waals surface area contributed by atoms with Crippen LogP contribution in [-0.4, -0.2) is 74.3 Å². The van der Waals surface area contributed by atoms with Crippen molar-refractivity contribution in [2.45, 2.75) is 63.5 Å². The van der Waals surface area contributed by atoms with E-state index in [0.717, 1.165) is 57.2 Å². The second kappa shape index (κ2) is 14.7. The maximum absolute atomic E-state index is 13.7. The normalized spacial score (nSPS) is 28.2. The summed E-state index contributed by atoms with van der Waals surface area (Å²) in [7, 11) is 1.92. The van der Waals surface area contributed by atoms with Gasteiger partial charge < -0.3 is 10.2 Å². The van der Waals surface area contributed by atoms with E-state index in [0.29, 0.717) is 42.1 Å². The fraction of sp³-hybridized carbons (Fsp3) is 0.395. The van der Waals surface area contributed by atoms with Crippen LogP contribution in [0.5, 0.6) is 0 Å². The number of aromatic nitrogens is 4. The van der Waals surface area contributed by atoms with Gasteiger partial charge in [0.25, 0.3) is 0 Å². The Morgan fingerprint density at radius 1 is 0.689 bits per heavy atom. The number of hydrazone groups is 2. The highest BCUT2D eigenvalue weighted by atomic mass is 19.1. The Hall–Kier alpha value is -6.82. The minimum Gasteiger partial charge on any atom is -0.368 e. The third-order valence-electron chi connectivity index (χ3n) is 12.9. The minimum atomic E-state index is -0.661. The predicted octanol–water partition coefficient (Wildman–Crippen LogP) is 6.36. The molecule has 18 heteroatoms. The van der Waals surface area contributed by atoms with Crippen LogP contribution in [0.1, 0.15) is 86.0 Å². The van der Waals surface area contributed by atoms with Gasteiger partial charge in [-0.1, -0.05) is 0 Å². The molecule has 6 saturated carbocycles. The SMILES string of the molecule is CN(CC12CC(C(=O)N3N=CCC3c3cc(F)cc(F)c3)(C1)C2)c1cnc(C#N)cn1.N#Cc1cnc(NCC23CC(C(=O)N4N=CCC4c4cc(F)cc(F)c4)(C2)C3)cn1. The fourth-order valence-corrected chi connectivity index (χ4v) is 10.5. The Morgan fingerprint density at radius 3 is 1.57 bits per heavy atom. The number of hydrogen-bond acceptors (Lipinski definition) is 12. The number of nitriles is 2. The van der Waals surface area contributed by atoms with E-state index in [1.807, 2.05) is 24.1 Å². The highest BCUT2D eigenvalue weighted by Crippen LogP contribution is 2.75. The Morgan fingerprint density at radius 2 is 1.15 bits per heavy atom. The zero-order valence-electron chi connectivity index (χ0n) is 32.9. The molecule has 61 heavy (non-hydrogen) atoms. The molecule has 2 aliphatic heterocycles. The smallest absolute Gasteiger partial charge is 0.249 e. The van der Waals surface area contributed by atoms with Crippen LogP contribution in [0.4, 0.5) is 29.2 Å². The zero-order valence-corrected chi connectivity index (χ0v) is 32.9. The van der Waals surface area contributed by atoms with Crippen molar-refractivity contribution in [1.82, 2.24) is 30.0 Å². The molecular formula is C43H38F4N12O2. The van der Waals surface area contributed by atoms with Gasteiger partial charge in [-0.3, -0.25) is 9.59 Å². The van der Waals surface area contributed by atoms with Gasteiger partial charge in [0.1, 0.15) is 47.0 Å². The summed E-state index contributed by atoms with van der Waals surface area (Å²) in [6, 6.07) is 9.62. The van der Waals surface area contributed by atoms with E-state index in [9.17, 15) is 27.2 Å². The highest BCUT2D eigenvalue weighted by Gasteiger charge is 2.73. The molecule has 2 aromatic carbocycles. The standard InChI is InChI=1S/C22H20F2N6O.C21H18F2N6O/c1-29(19-9-26-17(7-25)8-27-19)13-21-10-22(11-21,12-21)20(31)30-18(2-3-28-30)14-4-15(23)6-16(24)5-14;22-14-3-13(4-15(23)5-14)17-1-2-28-29(17)19(30)21-9-20(10-21,11-21)12-27-18-8-25-16(6-24)7-26-18/h3-6,8-9,18H,2,10-13H2,1H3;2-5,7-8,17H,1,9-12H2,(H,26,27). The Bertz CT molecular complexity index is 2490. The molecule has 8 aliphatic rings. The van der Waals surface area contributed by atoms with Crippen molar-refractivity contribution in [3.8, 4) is 12.1 Å². The summed E-state index contributed by atoms with van der Waals surface area (Å²) < 4.78 is 54.6. The summed E-state index contributed by atoms with van der Waals surface area (Å²) in [5.74, 6) is -1.51. The molecule has 2 aromatic heterocycles. The first-order chi connectivity index (χ1) is 29.2. The maximum atomic E-state index is 13.7. The average molecular weight is 831 g/mol. The van der Waals surface area contributed by atoms with Crippen LogP contribution >= 0.6 is 0 Å². The molecule has 0 saturated heterocycles. The molecule has 14 nitrogen and oxygen atoms in total. The first-order valence-corrected chi connectivity index (χ1v) is 19.8. The molecule has 0 radical (unpaired) electrons. The van der Waals surface area contributed by atoms with Crippen LogP contribution in [0.15, 0.2) is 71.4 Å². The van der Waals surface area contributed by atoms with Gasteiger partial charge in [0.05, 0.1) is 47.7 Å². The van der Waals surface area contributed by atoms with Gasteiger partial charge >= 0.3 is 0 Å². The van der Waals surface area contributed by atoms with E-state index >= 15 is 0 Å². The predicted molar refractivity (Wildman–Crippen MR) is 211 cm³/mol. The first kappa shape index (κ1) is 39.6. The Kier molecular flexibility index (Phi) is 9.56. The Labute approximate surface area is 347 Å². The highest BCUT2D eigenvalue weighted by molar-refractivity contribution is 5.89. The molecule has 2 unspecified atom stereocenters.